The summed E-state index contributed by atoms with van der Waals surface area (Å²) in [4.78, 5) is 27.2. The molecule has 0 aliphatic heterocycles. The quantitative estimate of drug-likeness (QED) is 0.458. The fourth-order valence-electron chi connectivity index (χ4n) is 1.64. The van der Waals surface area contributed by atoms with Crippen molar-refractivity contribution in [3.05, 3.63) is 93.9 Å². The zero-order chi connectivity index (χ0) is 14.9. The minimum atomic E-state index is -0.0136. The first-order valence-corrected chi connectivity index (χ1v) is 8.42. The Labute approximate surface area is 130 Å². The molecule has 0 saturated heterocycles. The van der Waals surface area contributed by atoms with Crippen molar-refractivity contribution in [1.29, 1.82) is 0 Å². The monoisotopic (exact) mass is 342 g/mol. The molecule has 0 amide bonds. The van der Waals surface area contributed by atoms with E-state index in [0.717, 1.165) is 0 Å². The van der Waals surface area contributed by atoms with Gasteiger partial charge in [0.2, 0.25) is 0 Å². The topological polar surface area (TPSA) is 34.1 Å². The molecule has 0 N–H and O–H groups in total. The third-order valence-corrected chi connectivity index (χ3v) is 3.94. The van der Waals surface area contributed by atoms with Gasteiger partial charge in [0.15, 0.2) is 0 Å². The number of hydrogen-bond acceptors (Lipinski definition) is 2. The number of allylic oxidation sites excluding steroid dienone is 2. The Kier molecular flexibility index (Phi) is 5.89. The van der Waals surface area contributed by atoms with Crippen LogP contribution in [0, 0.1) is 0 Å². The Morgan fingerprint density at radius 2 is 1.05 bits per heavy atom. The summed E-state index contributed by atoms with van der Waals surface area (Å²) in [6, 6.07) is 18.3. The first-order valence-electron chi connectivity index (χ1n) is 6.45. The van der Waals surface area contributed by atoms with Crippen molar-refractivity contribution in [2.75, 3.05) is 0 Å². The van der Waals surface area contributed by atoms with E-state index in [0.29, 0.717) is 11.1 Å². The Morgan fingerprint density at radius 3 is 1.43 bits per heavy atom. The minimum absolute atomic E-state index is 0.00508. The van der Waals surface area contributed by atoms with E-state index in [1.807, 2.05) is 46.3 Å². The molecule has 0 fully saturated rings. The number of benzene rings is 2. The van der Waals surface area contributed by atoms with Gasteiger partial charge in [-0.3, -0.25) is 0 Å². The van der Waals surface area contributed by atoms with E-state index in [4.69, 9.17) is 0 Å². The summed E-state index contributed by atoms with van der Waals surface area (Å²) in [6.07, 6.45) is 3.12. The Bertz CT molecular complexity index is 599. The van der Waals surface area contributed by atoms with Crippen LogP contribution in [0.4, 0.5) is 0 Å². The van der Waals surface area contributed by atoms with Gasteiger partial charge < -0.3 is 0 Å². The van der Waals surface area contributed by atoms with Crippen molar-refractivity contribution >= 4 is 26.5 Å². The Morgan fingerprint density at radius 1 is 0.667 bits per heavy atom. The number of rotatable bonds is 6. The van der Waals surface area contributed by atoms with Crippen molar-refractivity contribution in [2.24, 2.45) is 0 Å². The maximum absolute atomic E-state index is 11.8. The van der Waals surface area contributed by atoms with Crippen molar-refractivity contribution < 1.29 is 9.59 Å². The second kappa shape index (κ2) is 8.15. The van der Waals surface area contributed by atoms with E-state index in [-0.39, 0.29) is 26.5 Å². The van der Waals surface area contributed by atoms with E-state index < -0.39 is 0 Å². The molecule has 21 heavy (non-hydrogen) atoms. The molecule has 2 aromatic carbocycles. The molecule has 0 heterocycles. The van der Waals surface area contributed by atoms with Crippen molar-refractivity contribution in [1.82, 2.24) is 0 Å². The van der Waals surface area contributed by atoms with Crippen molar-refractivity contribution in [3.63, 3.8) is 0 Å². The molecule has 0 aliphatic rings. The number of carbonyl (C=O) groups excluding carboxylic acids is 2. The van der Waals surface area contributed by atoms with Crippen LogP contribution in [0.5, 0.6) is 0 Å². The van der Waals surface area contributed by atoms with Crippen LogP contribution >= 0.6 is 0 Å². The molecular weight excluding hydrogens is 327 g/mol. The van der Waals surface area contributed by atoms with Gasteiger partial charge in [-0.2, -0.15) is 0 Å². The predicted octanol–water partition coefficient (Wildman–Crippen LogP) is 3.48. The van der Waals surface area contributed by atoms with E-state index in [1.54, 1.807) is 36.4 Å². The van der Waals surface area contributed by atoms with Gasteiger partial charge in [-0.05, 0) is 0 Å². The summed E-state index contributed by atoms with van der Waals surface area (Å²) >= 11 is -0.00508. The summed E-state index contributed by atoms with van der Waals surface area (Å²) in [5.74, 6) is -0.0273. The van der Waals surface area contributed by atoms with Crippen LogP contribution in [0.3, 0.4) is 0 Å². The third-order valence-electron chi connectivity index (χ3n) is 2.71. The van der Waals surface area contributed by atoms with Crippen molar-refractivity contribution in [3.8, 4) is 0 Å². The fourth-order valence-corrected chi connectivity index (χ4v) is 2.68. The molecule has 104 valence electrons. The third kappa shape index (κ3) is 4.99. The number of carbonyl (C=O) groups is 2. The summed E-state index contributed by atoms with van der Waals surface area (Å²) in [5, 5.41) is 0. The van der Waals surface area contributed by atoms with Crippen LogP contribution in [-0.2, 0) is 0 Å². The van der Waals surface area contributed by atoms with Gasteiger partial charge in [-0.1, -0.05) is 0 Å². The molecule has 2 rings (SSSR count). The van der Waals surface area contributed by atoms with Crippen LogP contribution in [0.25, 0.3) is 0 Å². The first kappa shape index (κ1) is 15.2. The molecule has 0 spiro atoms. The molecule has 0 radical (unpaired) electrons. The summed E-state index contributed by atoms with van der Waals surface area (Å²) in [5.41, 5.74) is 1.35. The van der Waals surface area contributed by atoms with E-state index in [1.165, 1.54) is 0 Å². The van der Waals surface area contributed by atoms with E-state index >= 15 is 0 Å². The van der Waals surface area contributed by atoms with E-state index in [2.05, 4.69) is 0 Å². The summed E-state index contributed by atoms with van der Waals surface area (Å²) in [6.45, 7) is 0. The van der Waals surface area contributed by atoms with Gasteiger partial charge in [0, 0.05) is 0 Å². The standard InChI is InChI=1S/C18H14O2Se/c19-17(15-7-3-1-4-8-15)11-13-21-14-12-18(20)16-9-5-2-6-10-16/h1-14H/b13-11-,14-12-. The Balaban J connectivity index is 1.84. The molecule has 0 unspecified atom stereocenters. The SMILES string of the molecule is O=C(/C=C\[Se]/C=C\C(=O)c1ccccc1)c1ccccc1. The zero-order valence-corrected chi connectivity index (χ0v) is 13.0. The van der Waals surface area contributed by atoms with Gasteiger partial charge in [0.05, 0.1) is 0 Å². The molecule has 2 nitrogen and oxygen atoms in total. The number of hydrogen-bond donors (Lipinski definition) is 0. The second-order valence-corrected chi connectivity index (χ2v) is 5.92. The molecule has 3 heteroatoms. The van der Waals surface area contributed by atoms with Crippen LogP contribution in [0.15, 0.2) is 82.8 Å². The molecule has 0 aromatic heterocycles. The molecule has 0 saturated carbocycles. The van der Waals surface area contributed by atoms with Gasteiger partial charge in [-0.25, -0.2) is 0 Å². The van der Waals surface area contributed by atoms with Crippen LogP contribution in [-0.4, -0.2) is 26.5 Å². The normalized spacial score (nSPS) is 11.0. The molecule has 2 aromatic rings. The zero-order valence-electron chi connectivity index (χ0n) is 11.3. The van der Waals surface area contributed by atoms with Crippen LogP contribution in [0.2, 0.25) is 0 Å². The molecular formula is C18H14O2Se. The average molecular weight is 341 g/mol. The van der Waals surface area contributed by atoms with Gasteiger partial charge in [0.25, 0.3) is 0 Å². The summed E-state index contributed by atoms with van der Waals surface area (Å²) < 4.78 is 0. The maximum atomic E-state index is 11.8. The molecule has 0 aliphatic carbocycles. The summed E-state index contributed by atoms with van der Waals surface area (Å²) in [7, 11) is 0. The van der Waals surface area contributed by atoms with Crippen molar-refractivity contribution in [2.45, 2.75) is 0 Å². The first-order chi connectivity index (χ1) is 10.3. The average Bonchev–Trinajstić information content (AvgIpc) is 2.55. The Hall–Kier alpha value is -2.22. The van der Waals surface area contributed by atoms with Gasteiger partial charge in [0.1, 0.15) is 0 Å². The fraction of sp³-hybridized carbons (Fsp3) is 0. The molecule has 0 atom stereocenters. The predicted molar refractivity (Wildman–Crippen MR) is 85.6 cm³/mol. The van der Waals surface area contributed by atoms with Gasteiger partial charge >= 0.3 is 130 Å². The van der Waals surface area contributed by atoms with Crippen LogP contribution in [0.1, 0.15) is 20.7 Å². The number of ketones is 2. The van der Waals surface area contributed by atoms with Crippen LogP contribution < -0.4 is 0 Å². The second-order valence-electron chi connectivity index (χ2n) is 4.20. The molecule has 0 bridgehead atoms. The van der Waals surface area contributed by atoms with Gasteiger partial charge in [-0.15, -0.1) is 0 Å². The van der Waals surface area contributed by atoms with E-state index in [9.17, 15) is 9.59 Å².